The minimum absolute atomic E-state index is 0.0169. The third kappa shape index (κ3) is 5.54. The van der Waals surface area contributed by atoms with Crippen LogP contribution in [0.25, 0.3) is 11.3 Å². The lowest BCUT2D eigenvalue weighted by atomic mass is 10.1. The molecule has 0 saturated carbocycles. The molecule has 3 heterocycles. The molecule has 174 valence electrons. The zero-order chi connectivity index (χ0) is 23.6. The Morgan fingerprint density at radius 1 is 1.12 bits per heavy atom. The zero-order valence-electron chi connectivity index (χ0n) is 18.2. The number of anilines is 1. The summed E-state index contributed by atoms with van der Waals surface area (Å²) in [6.07, 6.45) is -2.49. The van der Waals surface area contributed by atoms with E-state index in [2.05, 4.69) is 15.2 Å². The van der Waals surface area contributed by atoms with Gasteiger partial charge in [-0.25, -0.2) is 4.98 Å². The van der Waals surface area contributed by atoms with Crippen molar-refractivity contribution in [3.63, 3.8) is 0 Å². The van der Waals surface area contributed by atoms with Crippen molar-refractivity contribution in [1.29, 1.82) is 0 Å². The Morgan fingerprint density at radius 2 is 1.88 bits per heavy atom. The van der Waals surface area contributed by atoms with Crippen LogP contribution in [0.1, 0.15) is 35.5 Å². The van der Waals surface area contributed by atoms with E-state index in [4.69, 9.17) is 9.15 Å². The van der Waals surface area contributed by atoms with Crippen molar-refractivity contribution in [2.45, 2.75) is 38.8 Å². The Labute approximate surface area is 189 Å². The van der Waals surface area contributed by atoms with Gasteiger partial charge in [-0.15, -0.1) is 0 Å². The molecule has 1 amide bonds. The van der Waals surface area contributed by atoms with Crippen LogP contribution >= 0.6 is 0 Å². The second-order valence-corrected chi connectivity index (χ2v) is 8.11. The van der Waals surface area contributed by atoms with Crippen LogP contribution in [0.2, 0.25) is 0 Å². The molecule has 1 aromatic carbocycles. The zero-order valence-corrected chi connectivity index (χ0v) is 18.2. The third-order valence-electron chi connectivity index (χ3n) is 5.31. The standard InChI is InChI=1S/C24H24F3N3O3/c1-15-13-30(14-16(2)32-15)22-9-6-17(11-28-22)12-29-23(31)21-8-7-20(33-21)18-4-3-5-19(10-18)24(25,26)27/h3-11,15-16H,12-14H2,1-2H3,(H,29,31). The fourth-order valence-electron chi connectivity index (χ4n) is 3.81. The lowest BCUT2D eigenvalue weighted by molar-refractivity contribution is -0.137. The van der Waals surface area contributed by atoms with Gasteiger partial charge < -0.3 is 19.4 Å². The summed E-state index contributed by atoms with van der Waals surface area (Å²) >= 11 is 0. The van der Waals surface area contributed by atoms with Gasteiger partial charge in [0.1, 0.15) is 11.6 Å². The molecular weight excluding hydrogens is 435 g/mol. The van der Waals surface area contributed by atoms with E-state index in [9.17, 15) is 18.0 Å². The first-order valence-corrected chi connectivity index (χ1v) is 10.6. The van der Waals surface area contributed by atoms with E-state index in [1.54, 1.807) is 6.20 Å². The molecule has 2 atom stereocenters. The number of ether oxygens (including phenoxy) is 1. The second-order valence-electron chi connectivity index (χ2n) is 8.11. The molecule has 1 fully saturated rings. The summed E-state index contributed by atoms with van der Waals surface area (Å²) in [5.41, 5.74) is 0.279. The van der Waals surface area contributed by atoms with Gasteiger partial charge in [0.15, 0.2) is 5.76 Å². The number of aromatic nitrogens is 1. The predicted octanol–water partition coefficient (Wildman–Crippen LogP) is 4.90. The van der Waals surface area contributed by atoms with Crippen molar-refractivity contribution >= 4 is 11.7 Å². The number of nitrogens with zero attached hydrogens (tertiary/aromatic N) is 2. The Hall–Kier alpha value is -3.33. The Kier molecular flexibility index (Phi) is 6.42. The summed E-state index contributed by atoms with van der Waals surface area (Å²) in [6.45, 7) is 5.82. The molecule has 1 aliphatic rings. The molecular formula is C24H24F3N3O3. The summed E-state index contributed by atoms with van der Waals surface area (Å²) in [7, 11) is 0. The summed E-state index contributed by atoms with van der Waals surface area (Å²) in [4.78, 5) is 19.1. The minimum atomic E-state index is -4.45. The van der Waals surface area contributed by atoms with Gasteiger partial charge in [0.05, 0.1) is 17.8 Å². The van der Waals surface area contributed by atoms with Gasteiger partial charge in [0.2, 0.25) is 0 Å². The van der Waals surface area contributed by atoms with Crippen LogP contribution in [0, 0.1) is 0 Å². The molecule has 1 aliphatic heterocycles. The third-order valence-corrected chi connectivity index (χ3v) is 5.31. The lowest BCUT2D eigenvalue weighted by Gasteiger charge is -2.36. The quantitative estimate of drug-likeness (QED) is 0.588. The second kappa shape index (κ2) is 9.27. The van der Waals surface area contributed by atoms with Crippen molar-refractivity contribution in [2.75, 3.05) is 18.0 Å². The normalized spacial score (nSPS) is 18.9. The summed E-state index contributed by atoms with van der Waals surface area (Å²) in [5, 5.41) is 2.74. The molecule has 2 unspecified atom stereocenters. The molecule has 2 aromatic heterocycles. The van der Waals surface area contributed by atoms with E-state index in [1.807, 2.05) is 26.0 Å². The van der Waals surface area contributed by atoms with Gasteiger partial charge in [-0.2, -0.15) is 13.2 Å². The van der Waals surface area contributed by atoms with E-state index in [-0.39, 0.29) is 35.8 Å². The number of hydrogen-bond acceptors (Lipinski definition) is 5. The largest absolute Gasteiger partial charge is 0.451 e. The average Bonchev–Trinajstić information content (AvgIpc) is 3.27. The van der Waals surface area contributed by atoms with E-state index in [0.717, 1.165) is 36.6 Å². The summed E-state index contributed by atoms with van der Waals surface area (Å²) in [6, 6.07) is 11.5. The highest BCUT2D eigenvalue weighted by molar-refractivity contribution is 5.92. The van der Waals surface area contributed by atoms with Gasteiger partial charge in [-0.1, -0.05) is 18.2 Å². The highest BCUT2D eigenvalue weighted by Crippen LogP contribution is 2.32. The highest BCUT2D eigenvalue weighted by atomic mass is 19.4. The average molecular weight is 459 g/mol. The SMILES string of the molecule is CC1CN(c2ccc(CNC(=O)c3ccc(-c4cccc(C(F)(F)F)c4)o3)cn2)CC(C)O1. The van der Waals surface area contributed by atoms with Crippen molar-refractivity contribution in [2.24, 2.45) is 0 Å². The minimum Gasteiger partial charge on any atom is -0.451 e. The van der Waals surface area contributed by atoms with E-state index < -0.39 is 17.6 Å². The maximum Gasteiger partial charge on any atom is 0.416 e. The van der Waals surface area contributed by atoms with Crippen LogP contribution in [0.5, 0.6) is 0 Å². The maximum absolute atomic E-state index is 12.9. The molecule has 1 N–H and O–H groups in total. The molecule has 33 heavy (non-hydrogen) atoms. The number of furan rings is 1. The van der Waals surface area contributed by atoms with Gasteiger partial charge >= 0.3 is 6.18 Å². The number of nitrogens with one attached hydrogen (secondary N) is 1. The number of benzene rings is 1. The van der Waals surface area contributed by atoms with Crippen LogP contribution in [-0.4, -0.2) is 36.2 Å². The number of alkyl halides is 3. The molecule has 4 rings (SSSR count). The lowest BCUT2D eigenvalue weighted by Crippen LogP contribution is -2.45. The number of hydrogen-bond donors (Lipinski definition) is 1. The maximum atomic E-state index is 12.9. The first kappa shape index (κ1) is 22.8. The molecule has 0 radical (unpaired) electrons. The van der Waals surface area contributed by atoms with Crippen molar-refractivity contribution < 1.29 is 27.1 Å². The summed E-state index contributed by atoms with van der Waals surface area (Å²) < 4.78 is 50.0. The van der Waals surface area contributed by atoms with Crippen molar-refractivity contribution in [3.8, 4) is 11.3 Å². The van der Waals surface area contributed by atoms with E-state index in [1.165, 1.54) is 24.3 Å². The molecule has 0 aliphatic carbocycles. The molecule has 6 nitrogen and oxygen atoms in total. The van der Waals surface area contributed by atoms with Crippen LogP contribution in [0.3, 0.4) is 0 Å². The monoisotopic (exact) mass is 459 g/mol. The number of rotatable bonds is 5. The molecule has 1 saturated heterocycles. The van der Waals surface area contributed by atoms with Gasteiger partial charge in [0, 0.05) is 31.4 Å². The number of morpholine rings is 1. The smallest absolute Gasteiger partial charge is 0.416 e. The Bertz CT molecular complexity index is 1100. The van der Waals surface area contributed by atoms with Gasteiger partial charge in [-0.05, 0) is 49.7 Å². The van der Waals surface area contributed by atoms with Crippen LogP contribution in [-0.2, 0) is 17.5 Å². The molecule has 9 heteroatoms. The highest BCUT2D eigenvalue weighted by Gasteiger charge is 2.30. The number of halogens is 3. The first-order valence-electron chi connectivity index (χ1n) is 10.6. The van der Waals surface area contributed by atoms with E-state index in [0.29, 0.717) is 0 Å². The summed E-state index contributed by atoms with van der Waals surface area (Å²) in [5.74, 6) is 0.589. The van der Waals surface area contributed by atoms with Crippen molar-refractivity contribution in [1.82, 2.24) is 10.3 Å². The number of amides is 1. The van der Waals surface area contributed by atoms with Crippen molar-refractivity contribution in [3.05, 3.63) is 71.6 Å². The predicted molar refractivity (Wildman–Crippen MR) is 117 cm³/mol. The van der Waals surface area contributed by atoms with E-state index >= 15 is 0 Å². The number of carbonyl (C=O) groups is 1. The Morgan fingerprint density at radius 3 is 2.55 bits per heavy atom. The fraction of sp³-hybridized carbons (Fsp3) is 0.333. The fourth-order valence-corrected chi connectivity index (χ4v) is 3.81. The topological polar surface area (TPSA) is 67.6 Å². The molecule has 0 spiro atoms. The molecule has 3 aromatic rings. The molecule has 0 bridgehead atoms. The first-order chi connectivity index (χ1) is 15.7. The number of carbonyl (C=O) groups excluding carboxylic acids is 1. The Balaban J connectivity index is 1.37. The van der Waals surface area contributed by atoms with Crippen LogP contribution in [0.15, 0.2) is 59.1 Å². The van der Waals surface area contributed by atoms with Gasteiger partial charge in [0.25, 0.3) is 5.91 Å². The number of pyridine rings is 1. The van der Waals surface area contributed by atoms with Crippen LogP contribution < -0.4 is 10.2 Å². The van der Waals surface area contributed by atoms with Crippen LogP contribution in [0.4, 0.5) is 19.0 Å². The van der Waals surface area contributed by atoms with Gasteiger partial charge in [-0.3, -0.25) is 4.79 Å².